The van der Waals surface area contributed by atoms with E-state index in [0.29, 0.717) is 31.0 Å². The zero-order chi connectivity index (χ0) is 21.7. The van der Waals surface area contributed by atoms with Gasteiger partial charge in [0.25, 0.3) is 11.7 Å². The topological polar surface area (TPSA) is 70.1 Å². The van der Waals surface area contributed by atoms with Crippen LogP contribution in [-0.2, 0) is 9.59 Å². The number of likely N-dealkylation sites (tertiary alicyclic amines) is 1. The van der Waals surface area contributed by atoms with Crippen LogP contribution in [0.5, 0.6) is 5.75 Å². The SMILES string of the molecule is CCOc1ccc(C(O)=C2C(=O)C(=O)N(CCN(CC)CC)[C@H]2c2cccs2)cc1. The third-order valence-corrected chi connectivity index (χ3v) is 6.27. The van der Waals surface area contributed by atoms with Crippen LogP contribution in [0.3, 0.4) is 0 Å². The van der Waals surface area contributed by atoms with Crippen LogP contribution in [0.15, 0.2) is 47.4 Å². The van der Waals surface area contributed by atoms with Gasteiger partial charge in [-0.3, -0.25) is 9.59 Å². The van der Waals surface area contributed by atoms with Crippen LogP contribution in [0.4, 0.5) is 0 Å². The maximum Gasteiger partial charge on any atom is 0.295 e. The largest absolute Gasteiger partial charge is 0.507 e. The summed E-state index contributed by atoms with van der Waals surface area (Å²) in [4.78, 5) is 30.5. The predicted octanol–water partition coefficient (Wildman–Crippen LogP) is 3.91. The van der Waals surface area contributed by atoms with Crippen LogP contribution in [-0.4, -0.2) is 59.4 Å². The summed E-state index contributed by atoms with van der Waals surface area (Å²) < 4.78 is 5.45. The highest BCUT2D eigenvalue weighted by atomic mass is 32.1. The van der Waals surface area contributed by atoms with Gasteiger partial charge in [-0.1, -0.05) is 19.9 Å². The van der Waals surface area contributed by atoms with E-state index in [1.165, 1.54) is 11.3 Å². The molecule has 0 radical (unpaired) electrons. The van der Waals surface area contributed by atoms with Crippen LogP contribution >= 0.6 is 11.3 Å². The molecule has 6 nitrogen and oxygen atoms in total. The lowest BCUT2D eigenvalue weighted by Crippen LogP contribution is -2.37. The first-order valence-corrected chi connectivity index (χ1v) is 11.2. The first-order chi connectivity index (χ1) is 14.5. The Hall–Kier alpha value is -2.64. The number of ketones is 1. The second-order valence-corrected chi connectivity index (χ2v) is 7.97. The number of aliphatic hydroxyl groups is 1. The lowest BCUT2D eigenvalue weighted by Gasteiger charge is -2.27. The van der Waals surface area contributed by atoms with E-state index in [-0.39, 0.29) is 11.3 Å². The average molecular weight is 429 g/mol. The van der Waals surface area contributed by atoms with Crippen LogP contribution in [0.1, 0.15) is 37.3 Å². The highest BCUT2D eigenvalue weighted by Crippen LogP contribution is 2.41. The van der Waals surface area contributed by atoms with Gasteiger partial charge in [-0.25, -0.2) is 0 Å². The van der Waals surface area contributed by atoms with Crippen molar-refractivity contribution in [2.75, 3.05) is 32.8 Å². The van der Waals surface area contributed by atoms with Crippen LogP contribution in [0, 0.1) is 0 Å². The first-order valence-electron chi connectivity index (χ1n) is 10.3. The van der Waals surface area contributed by atoms with Crippen LogP contribution in [0.25, 0.3) is 5.76 Å². The zero-order valence-corrected chi connectivity index (χ0v) is 18.4. The number of benzene rings is 1. The number of Topliss-reactive ketones (excluding diaryl/α,β-unsaturated/α-hetero) is 1. The highest BCUT2D eigenvalue weighted by molar-refractivity contribution is 7.10. The molecule has 0 aliphatic carbocycles. The molecule has 1 fully saturated rings. The second-order valence-electron chi connectivity index (χ2n) is 6.99. The van der Waals surface area contributed by atoms with Crippen molar-refractivity contribution >= 4 is 28.8 Å². The van der Waals surface area contributed by atoms with Gasteiger partial charge in [-0.05, 0) is 55.7 Å². The van der Waals surface area contributed by atoms with Gasteiger partial charge in [0.1, 0.15) is 11.5 Å². The Bertz CT molecular complexity index is 902. The minimum atomic E-state index is -0.640. The van der Waals surface area contributed by atoms with E-state index < -0.39 is 17.7 Å². The molecular weight excluding hydrogens is 400 g/mol. The molecule has 1 amide bonds. The predicted molar refractivity (Wildman–Crippen MR) is 119 cm³/mol. The van der Waals surface area contributed by atoms with Crippen LogP contribution < -0.4 is 4.74 Å². The number of aliphatic hydroxyl groups excluding tert-OH is 1. The molecule has 0 spiro atoms. The Morgan fingerprint density at radius 3 is 2.40 bits per heavy atom. The monoisotopic (exact) mass is 428 g/mol. The molecule has 1 atom stereocenters. The lowest BCUT2D eigenvalue weighted by atomic mass is 10.00. The van der Waals surface area contributed by atoms with Gasteiger partial charge in [-0.15, -0.1) is 11.3 Å². The normalized spacial score (nSPS) is 18.4. The molecule has 1 aliphatic heterocycles. The van der Waals surface area contributed by atoms with Crippen molar-refractivity contribution in [1.82, 2.24) is 9.80 Å². The molecule has 1 saturated heterocycles. The quantitative estimate of drug-likeness (QED) is 0.373. The molecule has 2 heterocycles. The Balaban J connectivity index is 1.99. The summed E-state index contributed by atoms with van der Waals surface area (Å²) in [6.07, 6.45) is 0. The Labute approximate surface area is 181 Å². The molecule has 7 heteroatoms. The number of thiophene rings is 1. The molecule has 1 aromatic carbocycles. The van der Waals surface area contributed by atoms with Gasteiger partial charge in [0.2, 0.25) is 0 Å². The molecule has 1 N–H and O–H groups in total. The minimum absolute atomic E-state index is 0.145. The van der Waals surface area contributed by atoms with Crippen molar-refractivity contribution in [2.24, 2.45) is 0 Å². The summed E-state index contributed by atoms with van der Waals surface area (Å²) in [6, 6.07) is 10.1. The fourth-order valence-corrected chi connectivity index (χ4v) is 4.52. The van der Waals surface area contributed by atoms with Crippen molar-refractivity contribution in [3.8, 4) is 5.75 Å². The summed E-state index contributed by atoms with van der Waals surface area (Å²) >= 11 is 1.47. The smallest absolute Gasteiger partial charge is 0.295 e. The summed E-state index contributed by atoms with van der Waals surface area (Å²) in [7, 11) is 0. The zero-order valence-electron chi connectivity index (χ0n) is 17.6. The molecule has 30 heavy (non-hydrogen) atoms. The van der Waals surface area contributed by atoms with E-state index in [9.17, 15) is 14.7 Å². The molecular formula is C23H28N2O4S. The number of carbonyl (C=O) groups excluding carboxylic acids is 2. The number of hydrogen-bond acceptors (Lipinski definition) is 6. The molecule has 1 aliphatic rings. The van der Waals surface area contributed by atoms with Crippen molar-refractivity contribution in [3.63, 3.8) is 0 Å². The summed E-state index contributed by atoms with van der Waals surface area (Å²) in [5, 5.41) is 12.9. The number of carbonyl (C=O) groups is 2. The van der Waals surface area contributed by atoms with E-state index in [2.05, 4.69) is 18.7 Å². The van der Waals surface area contributed by atoms with Crippen molar-refractivity contribution < 1.29 is 19.4 Å². The van der Waals surface area contributed by atoms with Crippen molar-refractivity contribution in [3.05, 3.63) is 57.8 Å². The van der Waals surface area contributed by atoms with E-state index in [0.717, 1.165) is 18.0 Å². The van der Waals surface area contributed by atoms with Gasteiger partial charge in [-0.2, -0.15) is 0 Å². The molecule has 0 saturated carbocycles. The van der Waals surface area contributed by atoms with E-state index >= 15 is 0 Å². The molecule has 2 aromatic rings. The van der Waals surface area contributed by atoms with Crippen molar-refractivity contribution in [1.29, 1.82) is 0 Å². The number of nitrogens with zero attached hydrogens (tertiary/aromatic N) is 2. The molecule has 0 bridgehead atoms. The maximum absolute atomic E-state index is 12.9. The highest BCUT2D eigenvalue weighted by Gasteiger charge is 2.46. The summed E-state index contributed by atoms with van der Waals surface area (Å²) in [5.74, 6) is -0.670. The number of rotatable bonds is 9. The third kappa shape index (κ3) is 4.42. The molecule has 0 unspecified atom stereocenters. The number of hydrogen-bond donors (Lipinski definition) is 1. The van der Waals surface area contributed by atoms with Gasteiger partial charge in [0.15, 0.2) is 0 Å². The molecule has 1 aromatic heterocycles. The average Bonchev–Trinajstić information content (AvgIpc) is 3.37. The Morgan fingerprint density at radius 2 is 1.83 bits per heavy atom. The molecule has 3 rings (SSSR count). The summed E-state index contributed by atoms with van der Waals surface area (Å²) in [5.41, 5.74) is 0.632. The number of likely N-dealkylation sites (N-methyl/N-ethyl adjacent to an activating group) is 1. The Kier molecular flexibility index (Phi) is 7.29. The maximum atomic E-state index is 12.9. The van der Waals surface area contributed by atoms with Gasteiger partial charge in [0.05, 0.1) is 18.2 Å². The van der Waals surface area contributed by atoms with E-state index in [1.807, 2.05) is 24.4 Å². The van der Waals surface area contributed by atoms with Crippen molar-refractivity contribution in [2.45, 2.75) is 26.8 Å². The fourth-order valence-electron chi connectivity index (χ4n) is 3.67. The minimum Gasteiger partial charge on any atom is -0.507 e. The Morgan fingerprint density at radius 1 is 1.13 bits per heavy atom. The van der Waals surface area contributed by atoms with Gasteiger partial charge in [0, 0.05) is 23.5 Å². The number of ether oxygens (including phenoxy) is 1. The van der Waals surface area contributed by atoms with Gasteiger partial charge < -0.3 is 19.6 Å². The lowest BCUT2D eigenvalue weighted by molar-refractivity contribution is -0.140. The second kappa shape index (κ2) is 9.91. The summed E-state index contributed by atoms with van der Waals surface area (Å²) in [6.45, 7) is 9.42. The van der Waals surface area contributed by atoms with E-state index in [1.54, 1.807) is 29.2 Å². The standard InChI is InChI=1S/C23H28N2O4S/c1-4-24(5-2)13-14-25-20(18-8-7-15-30-18)19(22(27)23(25)28)21(26)16-9-11-17(12-10-16)29-6-3/h7-12,15,20,26H,4-6,13-14H2,1-3H3/t20-/m0/s1. The fraction of sp³-hybridized carbons (Fsp3) is 0.391. The number of amides is 1. The third-order valence-electron chi connectivity index (χ3n) is 5.34. The van der Waals surface area contributed by atoms with Gasteiger partial charge >= 0.3 is 0 Å². The first kappa shape index (κ1) is 22.1. The van der Waals surface area contributed by atoms with Crippen LogP contribution in [0.2, 0.25) is 0 Å². The molecule has 160 valence electrons. The van der Waals surface area contributed by atoms with E-state index in [4.69, 9.17) is 4.74 Å².